The average molecular weight is 441 g/mol. The largest absolute Gasteiger partial charge is 0.497 e. The summed E-state index contributed by atoms with van der Waals surface area (Å²) in [7, 11) is 1.64. The van der Waals surface area contributed by atoms with Crippen molar-refractivity contribution in [2.45, 2.75) is 6.42 Å². The number of amides is 1. The van der Waals surface area contributed by atoms with E-state index in [1.54, 1.807) is 25.3 Å². The minimum absolute atomic E-state index is 0.0973. The first kappa shape index (κ1) is 21.8. The molecule has 0 saturated carbocycles. The number of aliphatic carboxylic acids is 1. The molecule has 1 atom stereocenters. The minimum Gasteiger partial charge on any atom is -0.497 e. The zero-order chi connectivity index (χ0) is 22.5. The highest BCUT2D eigenvalue weighted by Gasteiger charge is 2.27. The second-order valence-corrected chi connectivity index (χ2v) is 7.84. The van der Waals surface area contributed by atoms with Crippen LogP contribution in [-0.4, -0.2) is 68.5 Å². The van der Waals surface area contributed by atoms with Gasteiger partial charge in [-0.15, -0.1) is 0 Å². The quantitative estimate of drug-likeness (QED) is 0.644. The Morgan fingerprint density at radius 3 is 2.62 bits per heavy atom. The van der Waals surface area contributed by atoms with Gasteiger partial charge in [-0.25, -0.2) is 0 Å². The third kappa shape index (κ3) is 5.23. The summed E-state index contributed by atoms with van der Waals surface area (Å²) in [6, 6.07) is 13.0. The molecule has 9 nitrogen and oxygen atoms in total. The normalized spacial score (nSPS) is 16.5. The summed E-state index contributed by atoms with van der Waals surface area (Å²) < 4.78 is 15.9. The number of benzene rings is 2. The van der Waals surface area contributed by atoms with Crippen molar-refractivity contribution in [1.82, 2.24) is 4.90 Å². The first-order valence-electron chi connectivity index (χ1n) is 10.6. The second-order valence-electron chi connectivity index (χ2n) is 7.84. The molecule has 4 rings (SSSR count). The van der Waals surface area contributed by atoms with Gasteiger partial charge >= 0.3 is 5.97 Å². The number of hydrogen-bond acceptors (Lipinski definition) is 7. The van der Waals surface area contributed by atoms with Crippen LogP contribution in [0, 0.1) is 5.92 Å². The van der Waals surface area contributed by atoms with Crippen LogP contribution in [-0.2, 0) is 9.59 Å². The topological polar surface area (TPSA) is 101 Å². The van der Waals surface area contributed by atoms with Gasteiger partial charge in [0.25, 0.3) is 0 Å². The molecule has 9 heteroatoms. The zero-order valence-corrected chi connectivity index (χ0v) is 18.0. The molecule has 0 aliphatic carbocycles. The van der Waals surface area contributed by atoms with Crippen molar-refractivity contribution in [3.05, 3.63) is 42.5 Å². The molecule has 1 amide bonds. The Kier molecular flexibility index (Phi) is 6.65. The van der Waals surface area contributed by atoms with Crippen LogP contribution in [0.3, 0.4) is 0 Å². The summed E-state index contributed by atoms with van der Waals surface area (Å²) in [5, 5.41) is 12.4. The molecule has 2 aliphatic rings. The maximum Gasteiger partial charge on any atom is 0.308 e. The summed E-state index contributed by atoms with van der Waals surface area (Å²) in [6.07, 6.45) is -0.0973. The SMILES string of the molecule is COc1cccc(N2CCN(C[C@H](CC(=O)Nc3ccc4c(c3)OCO4)C(=O)O)CC2)c1. The van der Waals surface area contributed by atoms with E-state index in [0.29, 0.717) is 23.7 Å². The lowest BCUT2D eigenvalue weighted by Gasteiger charge is -2.37. The molecular weight excluding hydrogens is 414 g/mol. The van der Waals surface area contributed by atoms with Crippen LogP contribution in [0.1, 0.15) is 6.42 Å². The highest BCUT2D eigenvalue weighted by atomic mass is 16.7. The highest BCUT2D eigenvalue weighted by molar-refractivity contribution is 5.93. The van der Waals surface area contributed by atoms with Crippen molar-refractivity contribution in [3.63, 3.8) is 0 Å². The summed E-state index contributed by atoms with van der Waals surface area (Å²) in [6.45, 7) is 3.50. The molecule has 2 heterocycles. The Labute approximate surface area is 186 Å². The number of nitrogens with one attached hydrogen (secondary N) is 1. The molecule has 1 fully saturated rings. The summed E-state index contributed by atoms with van der Waals surface area (Å²) in [5.41, 5.74) is 1.64. The Morgan fingerprint density at radius 2 is 1.88 bits per heavy atom. The number of carboxylic acid groups (broad SMARTS) is 1. The number of carboxylic acids is 1. The van der Waals surface area contributed by atoms with Crippen molar-refractivity contribution in [1.29, 1.82) is 0 Å². The highest BCUT2D eigenvalue weighted by Crippen LogP contribution is 2.34. The van der Waals surface area contributed by atoms with Gasteiger partial charge in [0, 0.05) is 62.7 Å². The maximum absolute atomic E-state index is 12.5. The van der Waals surface area contributed by atoms with Gasteiger partial charge in [0.15, 0.2) is 11.5 Å². The van der Waals surface area contributed by atoms with Gasteiger partial charge in [0.1, 0.15) is 5.75 Å². The molecule has 1 saturated heterocycles. The van der Waals surface area contributed by atoms with Gasteiger partial charge in [-0.1, -0.05) is 6.07 Å². The van der Waals surface area contributed by atoms with E-state index in [4.69, 9.17) is 14.2 Å². The number of carbonyl (C=O) groups excluding carboxylic acids is 1. The second kappa shape index (κ2) is 9.78. The summed E-state index contributed by atoms with van der Waals surface area (Å²) in [4.78, 5) is 28.6. The number of carbonyl (C=O) groups is 2. The summed E-state index contributed by atoms with van der Waals surface area (Å²) >= 11 is 0. The Morgan fingerprint density at radius 1 is 1.09 bits per heavy atom. The van der Waals surface area contributed by atoms with Crippen molar-refractivity contribution in [3.8, 4) is 17.2 Å². The van der Waals surface area contributed by atoms with Crippen LogP contribution in [0.4, 0.5) is 11.4 Å². The first-order valence-corrected chi connectivity index (χ1v) is 10.6. The van der Waals surface area contributed by atoms with Gasteiger partial charge in [-0.3, -0.25) is 14.5 Å². The van der Waals surface area contributed by atoms with Crippen LogP contribution in [0.15, 0.2) is 42.5 Å². The van der Waals surface area contributed by atoms with E-state index in [0.717, 1.165) is 37.6 Å². The summed E-state index contributed by atoms with van der Waals surface area (Å²) in [5.74, 6) is -0.102. The average Bonchev–Trinajstić information content (AvgIpc) is 3.27. The fourth-order valence-electron chi connectivity index (χ4n) is 3.95. The van der Waals surface area contributed by atoms with Crippen LogP contribution < -0.4 is 24.4 Å². The molecule has 2 N–H and O–H groups in total. The monoisotopic (exact) mass is 441 g/mol. The van der Waals surface area contributed by atoms with E-state index in [2.05, 4.69) is 15.1 Å². The van der Waals surface area contributed by atoms with Gasteiger partial charge < -0.3 is 29.5 Å². The Bertz CT molecular complexity index is 974. The molecule has 2 aliphatic heterocycles. The van der Waals surface area contributed by atoms with Gasteiger partial charge in [0.05, 0.1) is 13.0 Å². The van der Waals surface area contributed by atoms with Crippen LogP contribution in [0.25, 0.3) is 0 Å². The fraction of sp³-hybridized carbons (Fsp3) is 0.391. The molecule has 0 aromatic heterocycles. The molecule has 2 aromatic carbocycles. The van der Waals surface area contributed by atoms with Gasteiger partial charge in [-0.05, 0) is 24.3 Å². The lowest BCUT2D eigenvalue weighted by atomic mass is 10.0. The number of hydrogen-bond donors (Lipinski definition) is 2. The van der Waals surface area contributed by atoms with E-state index in [1.165, 1.54) is 0 Å². The van der Waals surface area contributed by atoms with Gasteiger partial charge in [0.2, 0.25) is 12.7 Å². The van der Waals surface area contributed by atoms with Gasteiger partial charge in [-0.2, -0.15) is 0 Å². The minimum atomic E-state index is -0.971. The number of methoxy groups -OCH3 is 1. The molecule has 2 aromatic rings. The number of anilines is 2. The van der Waals surface area contributed by atoms with Crippen LogP contribution in [0.5, 0.6) is 17.2 Å². The molecule has 170 valence electrons. The number of fused-ring (bicyclic) bond motifs is 1. The van der Waals surface area contributed by atoms with Crippen molar-refractivity contribution in [2.24, 2.45) is 5.92 Å². The van der Waals surface area contributed by atoms with Crippen molar-refractivity contribution in [2.75, 3.05) is 56.8 Å². The molecule has 0 radical (unpaired) electrons. The number of rotatable bonds is 8. The molecule has 32 heavy (non-hydrogen) atoms. The standard InChI is InChI=1S/C23H27N3O6/c1-30-19-4-2-3-18(13-19)26-9-7-25(8-10-26)14-16(23(28)29)11-22(27)24-17-5-6-20-21(12-17)32-15-31-20/h2-6,12-13,16H,7-11,14-15H2,1H3,(H,24,27)(H,28,29)/t16-/m0/s1. The lowest BCUT2D eigenvalue weighted by Crippen LogP contribution is -2.48. The van der Waals surface area contributed by atoms with Crippen molar-refractivity contribution >= 4 is 23.3 Å². The number of nitrogens with zero attached hydrogens (tertiary/aromatic N) is 2. The third-order valence-electron chi connectivity index (χ3n) is 5.71. The van der Waals surface area contributed by atoms with E-state index >= 15 is 0 Å². The predicted molar refractivity (Wildman–Crippen MR) is 119 cm³/mol. The van der Waals surface area contributed by atoms with E-state index in [-0.39, 0.29) is 19.1 Å². The number of ether oxygens (including phenoxy) is 3. The van der Waals surface area contributed by atoms with Crippen molar-refractivity contribution < 1.29 is 28.9 Å². The predicted octanol–water partition coefficient (Wildman–Crippen LogP) is 2.28. The Balaban J connectivity index is 1.29. The fourth-order valence-corrected chi connectivity index (χ4v) is 3.95. The molecule has 0 bridgehead atoms. The van der Waals surface area contributed by atoms with Crippen LogP contribution >= 0.6 is 0 Å². The molecule has 0 unspecified atom stereocenters. The molecule has 0 spiro atoms. The number of piperazine rings is 1. The molecular formula is C23H27N3O6. The zero-order valence-electron chi connectivity index (χ0n) is 18.0. The Hall–Kier alpha value is -3.46. The van der Waals surface area contributed by atoms with E-state index in [1.807, 2.05) is 24.3 Å². The first-order chi connectivity index (χ1) is 15.5. The van der Waals surface area contributed by atoms with E-state index < -0.39 is 11.9 Å². The van der Waals surface area contributed by atoms with E-state index in [9.17, 15) is 14.7 Å². The lowest BCUT2D eigenvalue weighted by molar-refractivity contribution is -0.144. The third-order valence-corrected chi connectivity index (χ3v) is 5.71. The smallest absolute Gasteiger partial charge is 0.308 e. The van der Waals surface area contributed by atoms with Crippen LogP contribution in [0.2, 0.25) is 0 Å². The maximum atomic E-state index is 12.5.